The van der Waals surface area contributed by atoms with E-state index in [4.69, 9.17) is 11.6 Å². The Hall–Kier alpha value is -1.84. The number of hydrogen-bond acceptors (Lipinski definition) is 2. The Morgan fingerprint density at radius 2 is 1.52 bits per heavy atom. The minimum Gasteiger partial charge on any atom is -0.340 e. The van der Waals surface area contributed by atoms with Crippen molar-refractivity contribution in [2.45, 2.75) is 44.6 Å². The molecule has 1 saturated heterocycles. The minimum absolute atomic E-state index is 0.198. The third-order valence-corrected chi connectivity index (χ3v) is 6.83. The molecule has 154 valence electrons. The van der Waals surface area contributed by atoms with Crippen LogP contribution in [0.15, 0.2) is 54.6 Å². The number of amides is 1. The number of benzene rings is 2. The Bertz CT molecular complexity index is 778. The summed E-state index contributed by atoms with van der Waals surface area (Å²) < 4.78 is 0. The number of hydrogen-bond donors (Lipinski definition) is 0. The van der Waals surface area contributed by atoms with Crippen molar-refractivity contribution in [3.63, 3.8) is 0 Å². The Labute approximate surface area is 179 Å². The van der Waals surface area contributed by atoms with E-state index in [0.717, 1.165) is 50.0 Å². The van der Waals surface area contributed by atoms with Crippen LogP contribution in [0.2, 0.25) is 5.02 Å². The molecule has 0 unspecified atom stereocenters. The molecule has 2 aliphatic rings. The molecule has 0 N–H and O–H groups in total. The summed E-state index contributed by atoms with van der Waals surface area (Å²) in [6, 6.07) is 19.0. The average molecular weight is 411 g/mol. The van der Waals surface area contributed by atoms with Crippen LogP contribution >= 0.6 is 11.6 Å². The third kappa shape index (κ3) is 5.21. The lowest BCUT2D eigenvalue weighted by molar-refractivity contribution is -0.133. The van der Waals surface area contributed by atoms with E-state index in [1.807, 2.05) is 12.1 Å². The summed E-state index contributed by atoms with van der Waals surface area (Å²) in [5.41, 5.74) is 2.54. The fraction of sp³-hybridized carbons (Fsp3) is 0.480. The van der Waals surface area contributed by atoms with E-state index in [1.54, 1.807) is 0 Å². The van der Waals surface area contributed by atoms with Gasteiger partial charge >= 0.3 is 0 Å². The SMILES string of the molecule is O=C(CCC1CCCC1)N1CCN([C@@H](c2ccccc2)c2ccc(Cl)cc2)CC1. The zero-order chi connectivity index (χ0) is 20.1. The molecule has 2 fully saturated rings. The van der Waals surface area contributed by atoms with Crippen molar-refractivity contribution in [1.82, 2.24) is 9.80 Å². The van der Waals surface area contributed by atoms with Crippen molar-refractivity contribution in [2.75, 3.05) is 26.2 Å². The Morgan fingerprint density at radius 3 is 2.17 bits per heavy atom. The Morgan fingerprint density at radius 1 is 0.897 bits per heavy atom. The fourth-order valence-electron chi connectivity index (χ4n) is 4.91. The van der Waals surface area contributed by atoms with Crippen LogP contribution in [-0.2, 0) is 4.79 Å². The van der Waals surface area contributed by atoms with Crippen molar-refractivity contribution >= 4 is 17.5 Å². The summed E-state index contributed by atoms with van der Waals surface area (Å²) in [5, 5.41) is 0.762. The maximum atomic E-state index is 12.7. The van der Waals surface area contributed by atoms with Gasteiger partial charge in [0.15, 0.2) is 0 Å². The minimum atomic E-state index is 0.198. The monoisotopic (exact) mass is 410 g/mol. The van der Waals surface area contributed by atoms with Crippen LogP contribution in [0.25, 0.3) is 0 Å². The lowest BCUT2D eigenvalue weighted by Gasteiger charge is -2.40. The molecule has 1 amide bonds. The fourth-order valence-corrected chi connectivity index (χ4v) is 5.03. The highest BCUT2D eigenvalue weighted by Crippen LogP contribution is 2.31. The third-order valence-electron chi connectivity index (χ3n) is 6.57. The highest BCUT2D eigenvalue weighted by atomic mass is 35.5. The van der Waals surface area contributed by atoms with Crippen LogP contribution in [0, 0.1) is 5.92 Å². The van der Waals surface area contributed by atoms with E-state index in [-0.39, 0.29) is 6.04 Å². The van der Waals surface area contributed by atoms with Gasteiger partial charge in [0, 0.05) is 37.6 Å². The predicted octanol–water partition coefficient (Wildman–Crippen LogP) is 5.54. The van der Waals surface area contributed by atoms with Gasteiger partial charge in [0.2, 0.25) is 5.91 Å². The first-order valence-electron chi connectivity index (χ1n) is 11.0. The van der Waals surface area contributed by atoms with Crippen molar-refractivity contribution < 1.29 is 4.79 Å². The molecule has 2 aromatic rings. The second kappa shape index (κ2) is 9.77. The molecule has 29 heavy (non-hydrogen) atoms. The van der Waals surface area contributed by atoms with Gasteiger partial charge in [0.1, 0.15) is 0 Å². The molecule has 2 aromatic carbocycles. The number of carbonyl (C=O) groups excluding carboxylic acids is 1. The molecule has 1 aliphatic carbocycles. The number of carbonyl (C=O) groups is 1. The van der Waals surface area contributed by atoms with Gasteiger partial charge < -0.3 is 4.90 Å². The molecule has 0 radical (unpaired) electrons. The molecule has 0 spiro atoms. The number of rotatable bonds is 6. The average Bonchev–Trinajstić information content (AvgIpc) is 3.29. The van der Waals surface area contributed by atoms with E-state index in [0.29, 0.717) is 5.91 Å². The molecule has 1 heterocycles. The first kappa shape index (κ1) is 20.4. The van der Waals surface area contributed by atoms with Crippen LogP contribution in [0.1, 0.15) is 55.7 Å². The smallest absolute Gasteiger partial charge is 0.222 e. The largest absolute Gasteiger partial charge is 0.340 e. The highest BCUT2D eigenvalue weighted by molar-refractivity contribution is 6.30. The number of halogens is 1. The molecule has 1 saturated carbocycles. The second-order valence-electron chi connectivity index (χ2n) is 8.47. The summed E-state index contributed by atoms with van der Waals surface area (Å²) in [6.45, 7) is 3.44. The van der Waals surface area contributed by atoms with Gasteiger partial charge in [-0.15, -0.1) is 0 Å². The molecule has 0 aromatic heterocycles. The summed E-state index contributed by atoms with van der Waals surface area (Å²) in [6.07, 6.45) is 7.15. The zero-order valence-corrected chi connectivity index (χ0v) is 17.9. The van der Waals surface area contributed by atoms with Crippen molar-refractivity contribution in [3.05, 3.63) is 70.7 Å². The maximum Gasteiger partial charge on any atom is 0.222 e. The summed E-state index contributed by atoms with van der Waals surface area (Å²) in [7, 11) is 0. The molecule has 4 heteroatoms. The van der Waals surface area contributed by atoms with E-state index >= 15 is 0 Å². The van der Waals surface area contributed by atoms with Gasteiger partial charge in [-0.05, 0) is 35.6 Å². The number of piperazine rings is 1. The molecular weight excluding hydrogens is 380 g/mol. The van der Waals surface area contributed by atoms with E-state index in [2.05, 4.69) is 52.3 Å². The first-order valence-corrected chi connectivity index (χ1v) is 11.4. The topological polar surface area (TPSA) is 23.6 Å². The normalized spacial score (nSPS) is 19.4. The van der Waals surface area contributed by atoms with Crippen molar-refractivity contribution in [2.24, 2.45) is 5.92 Å². The van der Waals surface area contributed by atoms with Gasteiger partial charge in [-0.2, -0.15) is 0 Å². The quantitative estimate of drug-likeness (QED) is 0.623. The Kier molecular flexibility index (Phi) is 6.89. The second-order valence-corrected chi connectivity index (χ2v) is 8.91. The van der Waals surface area contributed by atoms with Gasteiger partial charge in [0.25, 0.3) is 0 Å². The van der Waals surface area contributed by atoms with Gasteiger partial charge in [-0.1, -0.05) is 79.7 Å². The number of nitrogens with zero attached hydrogens (tertiary/aromatic N) is 2. The first-order chi connectivity index (χ1) is 14.2. The van der Waals surface area contributed by atoms with E-state index < -0.39 is 0 Å². The molecule has 0 bridgehead atoms. The molecule has 1 atom stereocenters. The van der Waals surface area contributed by atoms with E-state index in [1.165, 1.54) is 36.8 Å². The lowest BCUT2D eigenvalue weighted by Crippen LogP contribution is -2.49. The Balaban J connectivity index is 1.40. The summed E-state index contributed by atoms with van der Waals surface area (Å²) >= 11 is 6.12. The van der Waals surface area contributed by atoms with E-state index in [9.17, 15) is 4.79 Å². The predicted molar refractivity (Wildman–Crippen MR) is 119 cm³/mol. The summed E-state index contributed by atoms with van der Waals surface area (Å²) in [4.78, 5) is 17.3. The van der Waals surface area contributed by atoms with Gasteiger partial charge in [-0.25, -0.2) is 0 Å². The van der Waals surface area contributed by atoms with Crippen LogP contribution < -0.4 is 0 Å². The molecular formula is C25H31ClN2O. The summed E-state index contributed by atoms with van der Waals surface area (Å²) in [5.74, 6) is 1.13. The van der Waals surface area contributed by atoms with Crippen molar-refractivity contribution in [1.29, 1.82) is 0 Å². The molecule has 3 nitrogen and oxygen atoms in total. The molecule has 1 aliphatic heterocycles. The maximum absolute atomic E-state index is 12.7. The van der Waals surface area contributed by atoms with Crippen LogP contribution in [0.5, 0.6) is 0 Å². The van der Waals surface area contributed by atoms with Gasteiger partial charge in [-0.3, -0.25) is 9.69 Å². The van der Waals surface area contributed by atoms with Crippen LogP contribution in [0.4, 0.5) is 0 Å². The van der Waals surface area contributed by atoms with Crippen LogP contribution in [0.3, 0.4) is 0 Å². The zero-order valence-electron chi connectivity index (χ0n) is 17.1. The standard InChI is InChI=1S/C25H31ClN2O/c26-23-13-11-22(12-14-23)25(21-8-2-1-3-9-21)28-18-16-27(17-19-28)24(29)15-10-20-6-4-5-7-20/h1-3,8-9,11-14,20,25H,4-7,10,15-19H2/t25-/m0/s1. The van der Waals surface area contributed by atoms with Crippen LogP contribution in [-0.4, -0.2) is 41.9 Å². The lowest BCUT2D eigenvalue weighted by atomic mass is 9.96. The molecule has 4 rings (SSSR count). The van der Waals surface area contributed by atoms with Gasteiger partial charge in [0.05, 0.1) is 6.04 Å². The van der Waals surface area contributed by atoms with Crippen molar-refractivity contribution in [3.8, 4) is 0 Å². The highest BCUT2D eigenvalue weighted by Gasteiger charge is 2.28.